The molecular weight excluding hydrogens is 268 g/mol. The molecule has 1 aromatic heterocycles. The van der Waals surface area contributed by atoms with E-state index in [0.717, 1.165) is 31.0 Å². The van der Waals surface area contributed by atoms with Crippen LogP contribution in [0.5, 0.6) is 0 Å². The Balaban J connectivity index is 1.86. The van der Waals surface area contributed by atoms with E-state index in [1.54, 1.807) is 18.1 Å². The van der Waals surface area contributed by atoms with E-state index in [9.17, 15) is 0 Å². The van der Waals surface area contributed by atoms with Crippen LogP contribution >= 0.6 is 11.8 Å². The SMILES string of the molecule is CCCn1ncnc1CC(N)CSc1cccc(C)c1. The lowest BCUT2D eigenvalue weighted by atomic mass is 10.2. The molecule has 4 nitrogen and oxygen atoms in total. The minimum Gasteiger partial charge on any atom is -0.327 e. The second kappa shape index (κ2) is 7.45. The molecule has 0 amide bonds. The predicted molar refractivity (Wildman–Crippen MR) is 83.9 cm³/mol. The Morgan fingerprint density at radius 3 is 3.00 bits per heavy atom. The summed E-state index contributed by atoms with van der Waals surface area (Å²) in [7, 11) is 0. The van der Waals surface area contributed by atoms with Crippen molar-refractivity contribution in [2.24, 2.45) is 5.73 Å². The van der Waals surface area contributed by atoms with Crippen LogP contribution in [0, 0.1) is 6.92 Å². The quantitative estimate of drug-likeness (QED) is 0.797. The van der Waals surface area contributed by atoms with Crippen LogP contribution in [-0.2, 0) is 13.0 Å². The van der Waals surface area contributed by atoms with Crippen molar-refractivity contribution in [1.29, 1.82) is 0 Å². The number of thioether (sulfide) groups is 1. The number of benzene rings is 1. The number of hydrogen-bond acceptors (Lipinski definition) is 4. The summed E-state index contributed by atoms with van der Waals surface area (Å²) in [6, 6.07) is 8.61. The third kappa shape index (κ3) is 4.35. The Hall–Kier alpha value is -1.33. The average molecular weight is 290 g/mol. The monoisotopic (exact) mass is 290 g/mol. The second-order valence-corrected chi connectivity index (χ2v) is 6.08. The molecule has 1 heterocycles. The molecule has 0 fully saturated rings. The van der Waals surface area contributed by atoms with Crippen molar-refractivity contribution in [3.63, 3.8) is 0 Å². The molecule has 5 heteroatoms. The zero-order chi connectivity index (χ0) is 14.4. The van der Waals surface area contributed by atoms with Gasteiger partial charge in [0.15, 0.2) is 0 Å². The molecule has 1 unspecified atom stereocenters. The van der Waals surface area contributed by atoms with E-state index < -0.39 is 0 Å². The van der Waals surface area contributed by atoms with Gasteiger partial charge in [0, 0.05) is 29.7 Å². The molecule has 2 aromatic rings. The van der Waals surface area contributed by atoms with Gasteiger partial charge in [0.05, 0.1) is 0 Å². The summed E-state index contributed by atoms with van der Waals surface area (Å²) in [5.41, 5.74) is 7.50. The van der Waals surface area contributed by atoms with E-state index in [1.807, 2.05) is 4.68 Å². The summed E-state index contributed by atoms with van der Waals surface area (Å²) in [6.07, 6.45) is 3.45. The van der Waals surface area contributed by atoms with Crippen molar-refractivity contribution in [1.82, 2.24) is 14.8 Å². The molecule has 0 saturated carbocycles. The lowest BCUT2D eigenvalue weighted by Gasteiger charge is -2.12. The largest absolute Gasteiger partial charge is 0.327 e. The van der Waals surface area contributed by atoms with Crippen molar-refractivity contribution in [2.75, 3.05) is 5.75 Å². The molecule has 0 radical (unpaired) electrons. The minimum atomic E-state index is 0.0975. The highest BCUT2D eigenvalue weighted by molar-refractivity contribution is 7.99. The van der Waals surface area contributed by atoms with Crippen LogP contribution in [0.25, 0.3) is 0 Å². The number of nitrogens with two attached hydrogens (primary N) is 1. The van der Waals surface area contributed by atoms with E-state index in [2.05, 4.69) is 48.2 Å². The highest BCUT2D eigenvalue weighted by Crippen LogP contribution is 2.20. The van der Waals surface area contributed by atoms with Crippen LogP contribution in [0.1, 0.15) is 24.7 Å². The first-order valence-corrected chi connectivity index (χ1v) is 7.99. The predicted octanol–water partition coefficient (Wildman–Crippen LogP) is 2.66. The highest BCUT2D eigenvalue weighted by Gasteiger charge is 2.10. The Kier molecular flexibility index (Phi) is 5.61. The fraction of sp³-hybridized carbons (Fsp3) is 0.467. The Morgan fingerprint density at radius 1 is 1.40 bits per heavy atom. The maximum Gasteiger partial charge on any atom is 0.138 e. The first-order valence-electron chi connectivity index (χ1n) is 7.00. The third-order valence-electron chi connectivity index (χ3n) is 3.03. The fourth-order valence-electron chi connectivity index (χ4n) is 2.05. The number of aromatic nitrogens is 3. The molecule has 0 saturated heterocycles. The van der Waals surface area contributed by atoms with Crippen LogP contribution < -0.4 is 5.73 Å². The van der Waals surface area contributed by atoms with Gasteiger partial charge in [-0.3, -0.25) is 4.68 Å². The summed E-state index contributed by atoms with van der Waals surface area (Å²) < 4.78 is 1.96. The molecule has 0 aliphatic carbocycles. The summed E-state index contributed by atoms with van der Waals surface area (Å²) >= 11 is 1.80. The summed E-state index contributed by atoms with van der Waals surface area (Å²) in [6.45, 7) is 5.16. The second-order valence-electron chi connectivity index (χ2n) is 4.99. The molecule has 0 aliphatic rings. The van der Waals surface area contributed by atoms with E-state index in [0.29, 0.717) is 0 Å². The first kappa shape index (κ1) is 15.1. The van der Waals surface area contributed by atoms with E-state index >= 15 is 0 Å². The van der Waals surface area contributed by atoms with Gasteiger partial charge in [0.1, 0.15) is 12.2 Å². The molecule has 2 rings (SSSR count). The zero-order valence-electron chi connectivity index (χ0n) is 12.1. The van der Waals surface area contributed by atoms with E-state index in [4.69, 9.17) is 5.73 Å². The lowest BCUT2D eigenvalue weighted by Crippen LogP contribution is -2.27. The molecule has 0 aliphatic heterocycles. The number of hydrogen-bond donors (Lipinski definition) is 1. The van der Waals surface area contributed by atoms with Gasteiger partial charge >= 0.3 is 0 Å². The third-order valence-corrected chi connectivity index (χ3v) is 4.21. The molecule has 0 bridgehead atoms. The van der Waals surface area contributed by atoms with Gasteiger partial charge < -0.3 is 5.73 Å². The standard InChI is InChI=1S/C15H22N4S/c1-3-7-19-15(17-11-18-19)9-13(16)10-20-14-6-4-5-12(2)8-14/h4-6,8,11,13H,3,7,9-10,16H2,1-2H3. The zero-order valence-corrected chi connectivity index (χ0v) is 12.9. The van der Waals surface area contributed by atoms with Crippen LogP contribution in [0.3, 0.4) is 0 Å². The molecule has 0 spiro atoms. The van der Waals surface area contributed by atoms with Gasteiger partial charge in [-0.2, -0.15) is 5.10 Å². The van der Waals surface area contributed by atoms with Crippen molar-refractivity contribution in [3.8, 4) is 0 Å². The normalized spacial score (nSPS) is 12.6. The van der Waals surface area contributed by atoms with Gasteiger partial charge in [-0.05, 0) is 25.5 Å². The molecule has 2 N–H and O–H groups in total. The first-order chi connectivity index (χ1) is 9.69. The maximum absolute atomic E-state index is 6.21. The van der Waals surface area contributed by atoms with Gasteiger partial charge in [-0.1, -0.05) is 24.6 Å². The Bertz CT molecular complexity index is 538. The van der Waals surface area contributed by atoms with Gasteiger partial charge in [0.25, 0.3) is 0 Å². The summed E-state index contributed by atoms with van der Waals surface area (Å²) in [5, 5.41) is 4.23. The van der Waals surface area contributed by atoms with Crippen molar-refractivity contribution >= 4 is 11.8 Å². The lowest BCUT2D eigenvalue weighted by molar-refractivity contribution is 0.553. The van der Waals surface area contributed by atoms with Crippen LogP contribution in [-0.4, -0.2) is 26.6 Å². The number of aryl methyl sites for hydroxylation is 2. The molecule has 1 aromatic carbocycles. The number of nitrogens with zero attached hydrogens (tertiary/aromatic N) is 3. The van der Waals surface area contributed by atoms with Crippen LogP contribution in [0.4, 0.5) is 0 Å². The van der Waals surface area contributed by atoms with Crippen LogP contribution in [0.15, 0.2) is 35.5 Å². The smallest absolute Gasteiger partial charge is 0.138 e. The van der Waals surface area contributed by atoms with E-state index in [1.165, 1.54) is 10.5 Å². The number of rotatable bonds is 7. The molecule has 20 heavy (non-hydrogen) atoms. The van der Waals surface area contributed by atoms with Crippen molar-refractivity contribution in [3.05, 3.63) is 42.0 Å². The average Bonchev–Trinajstić information content (AvgIpc) is 2.84. The van der Waals surface area contributed by atoms with E-state index in [-0.39, 0.29) is 6.04 Å². The maximum atomic E-state index is 6.21. The summed E-state index contributed by atoms with van der Waals surface area (Å²) in [5.74, 6) is 1.88. The summed E-state index contributed by atoms with van der Waals surface area (Å²) in [4.78, 5) is 5.58. The molecular formula is C15H22N4S. The van der Waals surface area contributed by atoms with Crippen molar-refractivity contribution in [2.45, 2.75) is 44.2 Å². The minimum absolute atomic E-state index is 0.0975. The van der Waals surface area contributed by atoms with Gasteiger partial charge in [0.2, 0.25) is 0 Å². The Morgan fingerprint density at radius 2 is 2.25 bits per heavy atom. The topological polar surface area (TPSA) is 56.7 Å². The van der Waals surface area contributed by atoms with Crippen LogP contribution in [0.2, 0.25) is 0 Å². The van der Waals surface area contributed by atoms with Gasteiger partial charge in [-0.25, -0.2) is 4.98 Å². The molecule has 1 atom stereocenters. The highest BCUT2D eigenvalue weighted by atomic mass is 32.2. The fourth-order valence-corrected chi connectivity index (χ4v) is 3.01. The van der Waals surface area contributed by atoms with Gasteiger partial charge in [-0.15, -0.1) is 11.8 Å². The Labute approximate surface area is 124 Å². The van der Waals surface area contributed by atoms with Crippen molar-refractivity contribution < 1.29 is 0 Å². The molecule has 108 valence electrons.